The Hall–Kier alpha value is -1.03. The Morgan fingerprint density at radius 2 is 2.29 bits per heavy atom. The van der Waals surface area contributed by atoms with Crippen molar-refractivity contribution in [2.24, 2.45) is 0 Å². The molecular formula is C10H12NO2S. The minimum atomic E-state index is -3.14. The van der Waals surface area contributed by atoms with Gasteiger partial charge in [-0.1, -0.05) is 18.2 Å². The molecule has 1 heterocycles. The second kappa shape index (κ2) is 3.28. The molecule has 0 aliphatic carbocycles. The van der Waals surface area contributed by atoms with Crippen molar-refractivity contribution in [1.82, 2.24) is 0 Å². The van der Waals surface area contributed by atoms with Crippen LogP contribution in [0.15, 0.2) is 18.2 Å². The molecule has 3 nitrogen and oxygen atoms in total. The molecule has 0 saturated carbocycles. The van der Waals surface area contributed by atoms with Gasteiger partial charge in [-0.3, -0.25) is 4.31 Å². The molecule has 0 unspecified atom stereocenters. The van der Waals surface area contributed by atoms with Gasteiger partial charge in [-0.25, -0.2) is 8.42 Å². The summed E-state index contributed by atoms with van der Waals surface area (Å²) in [6, 6.07) is 8.60. The van der Waals surface area contributed by atoms with E-state index in [9.17, 15) is 8.42 Å². The predicted molar refractivity (Wildman–Crippen MR) is 55.8 cm³/mol. The van der Waals surface area contributed by atoms with E-state index in [0.717, 1.165) is 24.1 Å². The van der Waals surface area contributed by atoms with Crippen LogP contribution in [-0.2, 0) is 16.4 Å². The number of sulfonamides is 1. The average molecular weight is 210 g/mol. The van der Waals surface area contributed by atoms with Crippen LogP contribution in [0, 0.1) is 6.07 Å². The Labute approximate surface area is 84.4 Å². The summed E-state index contributed by atoms with van der Waals surface area (Å²) < 4.78 is 24.3. The number of aryl methyl sites for hydroxylation is 1. The molecule has 2 rings (SSSR count). The van der Waals surface area contributed by atoms with Crippen molar-refractivity contribution in [3.05, 3.63) is 29.8 Å². The first-order chi connectivity index (χ1) is 6.59. The van der Waals surface area contributed by atoms with E-state index in [4.69, 9.17) is 0 Å². The van der Waals surface area contributed by atoms with E-state index in [0.29, 0.717) is 6.54 Å². The van der Waals surface area contributed by atoms with Crippen LogP contribution in [0.3, 0.4) is 0 Å². The van der Waals surface area contributed by atoms with Gasteiger partial charge in [0.15, 0.2) is 0 Å². The third-order valence-corrected chi connectivity index (χ3v) is 3.54. The van der Waals surface area contributed by atoms with Crippen LogP contribution in [0.1, 0.15) is 12.0 Å². The van der Waals surface area contributed by atoms with E-state index in [1.807, 2.05) is 12.1 Å². The lowest BCUT2D eigenvalue weighted by Crippen LogP contribution is -2.34. The van der Waals surface area contributed by atoms with Crippen LogP contribution in [0.2, 0.25) is 0 Å². The summed E-state index contributed by atoms with van der Waals surface area (Å²) in [5.74, 6) is 0. The smallest absolute Gasteiger partial charge is 0.232 e. The summed E-state index contributed by atoms with van der Waals surface area (Å²) in [4.78, 5) is 0. The molecule has 0 fully saturated rings. The van der Waals surface area contributed by atoms with Crippen LogP contribution in [-0.4, -0.2) is 21.2 Å². The van der Waals surface area contributed by atoms with Gasteiger partial charge in [0.25, 0.3) is 0 Å². The topological polar surface area (TPSA) is 37.4 Å². The lowest BCUT2D eigenvalue weighted by molar-refractivity contribution is 0.592. The van der Waals surface area contributed by atoms with Crippen molar-refractivity contribution in [2.45, 2.75) is 12.8 Å². The number of hydrogen-bond donors (Lipinski definition) is 0. The third-order valence-electron chi connectivity index (χ3n) is 2.37. The Morgan fingerprint density at radius 3 is 3.00 bits per heavy atom. The minimum absolute atomic E-state index is 0.576. The van der Waals surface area contributed by atoms with E-state index >= 15 is 0 Å². The van der Waals surface area contributed by atoms with E-state index in [1.165, 1.54) is 10.6 Å². The van der Waals surface area contributed by atoms with E-state index in [1.54, 1.807) is 6.07 Å². The molecule has 4 heteroatoms. The van der Waals surface area contributed by atoms with E-state index < -0.39 is 10.0 Å². The number of nitrogens with zero attached hydrogens (tertiary/aromatic N) is 1. The molecule has 0 saturated heterocycles. The van der Waals surface area contributed by atoms with Gasteiger partial charge in [0.2, 0.25) is 10.0 Å². The lowest BCUT2D eigenvalue weighted by Gasteiger charge is -2.28. The highest BCUT2D eigenvalue weighted by molar-refractivity contribution is 7.92. The Bertz CT molecular complexity index is 439. The highest BCUT2D eigenvalue weighted by Crippen LogP contribution is 2.27. The maximum atomic E-state index is 11.5. The zero-order valence-electron chi connectivity index (χ0n) is 8.03. The molecule has 0 amide bonds. The first kappa shape index (κ1) is 9.52. The second-order valence-corrected chi connectivity index (χ2v) is 5.39. The van der Waals surface area contributed by atoms with Gasteiger partial charge in [-0.15, -0.1) is 0 Å². The summed E-state index contributed by atoms with van der Waals surface area (Å²) in [6.45, 7) is 0.576. The fraction of sp³-hybridized carbons (Fsp3) is 0.400. The monoisotopic (exact) mass is 210 g/mol. The van der Waals surface area contributed by atoms with E-state index in [2.05, 4.69) is 6.07 Å². The summed E-state index contributed by atoms with van der Waals surface area (Å²) >= 11 is 0. The molecule has 1 aliphatic heterocycles. The molecule has 0 spiro atoms. The normalized spacial score (nSPS) is 16.5. The summed E-state index contributed by atoms with van der Waals surface area (Å²) in [5, 5.41) is 0. The molecule has 1 aliphatic rings. The zero-order chi connectivity index (χ0) is 10.2. The zero-order valence-corrected chi connectivity index (χ0v) is 8.84. The van der Waals surface area contributed by atoms with E-state index in [-0.39, 0.29) is 0 Å². The molecule has 1 radical (unpaired) electrons. The third kappa shape index (κ3) is 1.62. The van der Waals surface area contributed by atoms with Crippen LogP contribution in [0.5, 0.6) is 0 Å². The average Bonchev–Trinajstić information content (AvgIpc) is 2.15. The van der Waals surface area contributed by atoms with Gasteiger partial charge in [0.1, 0.15) is 0 Å². The number of anilines is 1. The van der Waals surface area contributed by atoms with Crippen molar-refractivity contribution in [3.63, 3.8) is 0 Å². The quantitative estimate of drug-likeness (QED) is 0.698. The van der Waals surface area contributed by atoms with Crippen LogP contribution in [0.4, 0.5) is 5.69 Å². The first-order valence-corrected chi connectivity index (χ1v) is 6.41. The number of benzene rings is 1. The maximum Gasteiger partial charge on any atom is 0.232 e. The van der Waals surface area contributed by atoms with Crippen molar-refractivity contribution >= 4 is 15.7 Å². The molecule has 75 valence electrons. The van der Waals surface area contributed by atoms with Gasteiger partial charge >= 0.3 is 0 Å². The van der Waals surface area contributed by atoms with Crippen molar-refractivity contribution < 1.29 is 8.42 Å². The molecule has 14 heavy (non-hydrogen) atoms. The number of fused-ring (bicyclic) bond motifs is 1. The van der Waals surface area contributed by atoms with Crippen molar-refractivity contribution in [2.75, 3.05) is 17.1 Å². The summed E-state index contributed by atoms with van der Waals surface area (Å²) in [6.07, 6.45) is 3.07. The van der Waals surface area contributed by atoms with Gasteiger partial charge in [0, 0.05) is 12.6 Å². The van der Waals surface area contributed by atoms with Gasteiger partial charge < -0.3 is 0 Å². The Morgan fingerprint density at radius 1 is 1.50 bits per heavy atom. The SMILES string of the molecule is CS(=O)(=O)N1CCCc2ccc[c]c21. The number of rotatable bonds is 1. The fourth-order valence-electron chi connectivity index (χ4n) is 1.75. The first-order valence-electron chi connectivity index (χ1n) is 4.56. The lowest BCUT2D eigenvalue weighted by atomic mass is 10.0. The number of hydrogen-bond acceptors (Lipinski definition) is 2. The second-order valence-electron chi connectivity index (χ2n) is 3.48. The van der Waals surface area contributed by atoms with Crippen LogP contribution >= 0.6 is 0 Å². The van der Waals surface area contributed by atoms with Crippen molar-refractivity contribution in [3.8, 4) is 0 Å². The highest BCUT2D eigenvalue weighted by Gasteiger charge is 2.23. The van der Waals surface area contributed by atoms with Gasteiger partial charge in [-0.2, -0.15) is 0 Å². The molecule has 0 bridgehead atoms. The maximum absolute atomic E-state index is 11.5. The van der Waals surface area contributed by atoms with Gasteiger partial charge in [-0.05, 0) is 18.4 Å². The molecule has 1 aromatic carbocycles. The van der Waals surface area contributed by atoms with Gasteiger partial charge in [0.05, 0.1) is 11.9 Å². The Balaban J connectivity index is 2.51. The highest BCUT2D eigenvalue weighted by atomic mass is 32.2. The number of para-hydroxylation sites is 1. The molecular weight excluding hydrogens is 198 g/mol. The van der Waals surface area contributed by atoms with Crippen LogP contribution < -0.4 is 4.31 Å². The molecule has 1 aromatic rings. The minimum Gasteiger partial charge on any atom is -0.270 e. The predicted octanol–water partition coefficient (Wildman–Crippen LogP) is 1.20. The molecule has 0 aromatic heterocycles. The summed E-state index contributed by atoms with van der Waals surface area (Å²) in [7, 11) is -3.14. The summed E-state index contributed by atoms with van der Waals surface area (Å²) in [5.41, 5.74) is 1.80. The largest absolute Gasteiger partial charge is 0.270 e. The standard InChI is InChI=1S/C10H12NO2S/c1-14(12,13)11-8-4-6-9-5-2-3-7-10(9)11/h2-3,5H,4,6,8H2,1H3. The van der Waals surface area contributed by atoms with Crippen molar-refractivity contribution in [1.29, 1.82) is 0 Å². The Kier molecular flexibility index (Phi) is 2.23. The van der Waals surface area contributed by atoms with Crippen LogP contribution in [0.25, 0.3) is 0 Å². The molecule has 0 N–H and O–H groups in total. The molecule has 0 atom stereocenters. The fourth-order valence-corrected chi connectivity index (χ4v) is 2.72.